The number of hydrogen-bond acceptors (Lipinski definition) is 4. The smallest absolute Gasteiger partial charge is 0.287 e. The number of hydrogen-bond donors (Lipinski definition) is 2. The lowest BCUT2D eigenvalue weighted by Gasteiger charge is -2.21. The van der Waals surface area contributed by atoms with E-state index in [0.29, 0.717) is 10.4 Å². The fraction of sp³-hybridized carbons (Fsp3) is 0.294. The topological polar surface area (TPSA) is 74.6 Å². The van der Waals surface area contributed by atoms with Gasteiger partial charge in [0.2, 0.25) is 5.91 Å². The monoisotopic (exact) mass is 393 g/mol. The summed E-state index contributed by atoms with van der Waals surface area (Å²) in [6.07, 6.45) is 0. The van der Waals surface area contributed by atoms with E-state index in [1.54, 1.807) is 6.07 Å². The molecule has 0 saturated carbocycles. The Hall–Kier alpha value is -2.28. The van der Waals surface area contributed by atoms with Crippen LogP contribution in [0.25, 0.3) is 0 Å². The summed E-state index contributed by atoms with van der Waals surface area (Å²) in [6, 6.07) is 10.8. The normalized spacial score (nSPS) is 10.3. The summed E-state index contributed by atoms with van der Waals surface area (Å²) in [7, 11) is 0. The highest BCUT2D eigenvalue weighted by Gasteiger charge is 2.12. The summed E-state index contributed by atoms with van der Waals surface area (Å²) >= 11 is 3.12. The lowest BCUT2D eigenvalue weighted by molar-refractivity contribution is -0.115. The molecule has 1 heterocycles. The second kappa shape index (κ2) is 8.54. The number of halogens is 1. The minimum atomic E-state index is -0.437. The van der Waals surface area contributed by atoms with Gasteiger partial charge in [0.15, 0.2) is 10.4 Å². The summed E-state index contributed by atoms with van der Waals surface area (Å²) in [6.45, 7) is 5.92. The molecule has 7 heteroatoms. The first-order valence-corrected chi connectivity index (χ1v) is 8.51. The molecule has 0 spiro atoms. The number of furan rings is 1. The van der Waals surface area contributed by atoms with Gasteiger partial charge in [-0.1, -0.05) is 0 Å². The van der Waals surface area contributed by atoms with Crippen LogP contribution in [-0.4, -0.2) is 31.4 Å². The van der Waals surface area contributed by atoms with Crippen molar-refractivity contribution < 1.29 is 14.0 Å². The number of carbonyl (C=O) groups excluding carboxylic acids is 2. The van der Waals surface area contributed by atoms with Crippen LogP contribution in [0.15, 0.2) is 45.5 Å². The van der Waals surface area contributed by atoms with Crippen molar-refractivity contribution in [1.29, 1.82) is 0 Å². The molecule has 0 saturated heterocycles. The molecular formula is C17H20BrN3O3. The second-order valence-corrected chi connectivity index (χ2v) is 5.84. The van der Waals surface area contributed by atoms with Gasteiger partial charge < -0.3 is 20.0 Å². The Kier molecular flexibility index (Phi) is 6.43. The average molecular weight is 394 g/mol. The summed E-state index contributed by atoms with van der Waals surface area (Å²) in [5.41, 5.74) is 1.79. The van der Waals surface area contributed by atoms with Crippen molar-refractivity contribution in [3.8, 4) is 0 Å². The third kappa shape index (κ3) is 4.86. The van der Waals surface area contributed by atoms with E-state index in [-0.39, 0.29) is 18.2 Å². The molecule has 1 aromatic carbocycles. The number of nitrogens with one attached hydrogen (secondary N) is 2. The van der Waals surface area contributed by atoms with Gasteiger partial charge in [0.05, 0.1) is 6.54 Å². The molecule has 24 heavy (non-hydrogen) atoms. The van der Waals surface area contributed by atoms with Crippen molar-refractivity contribution in [1.82, 2.24) is 5.32 Å². The minimum absolute atomic E-state index is 0.130. The fourth-order valence-corrected chi connectivity index (χ4v) is 2.54. The maximum atomic E-state index is 11.9. The SMILES string of the molecule is CCN(CC)c1ccc(NC(=O)CNC(=O)c2ccc(Br)o2)cc1. The van der Waals surface area contributed by atoms with Crippen LogP contribution in [-0.2, 0) is 4.79 Å². The lowest BCUT2D eigenvalue weighted by atomic mass is 10.2. The largest absolute Gasteiger partial charge is 0.444 e. The van der Waals surface area contributed by atoms with Gasteiger partial charge in [-0.25, -0.2) is 0 Å². The maximum Gasteiger partial charge on any atom is 0.287 e. The van der Waals surface area contributed by atoms with Crippen LogP contribution >= 0.6 is 15.9 Å². The zero-order valence-corrected chi connectivity index (χ0v) is 15.2. The Labute approximate surface area is 149 Å². The Morgan fingerprint density at radius 3 is 2.29 bits per heavy atom. The Balaban J connectivity index is 1.85. The van der Waals surface area contributed by atoms with E-state index >= 15 is 0 Å². The van der Waals surface area contributed by atoms with Crippen molar-refractivity contribution >= 4 is 39.1 Å². The van der Waals surface area contributed by atoms with Crippen molar-refractivity contribution in [3.05, 3.63) is 46.8 Å². The van der Waals surface area contributed by atoms with E-state index in [1.807, 2.05) is 24.3 Å². The Morgan fingerprint density at radius 1 is 1.08 bits per heavy atom. The molecule has 2 amide bonds. The van der Waals surface area contributed by atoms with E-state index in [1.165, 1.54) is 6.07 Å². The van der Waals surface area contributed by atoms with E-state index in [2.05, 4.69) is 45.3 Å². The van der Waals surface area contributed by atoms with Crippen molar-refractivity contribution in [3.63, 3.8) is 0 Å². The van der Waals surface area contributed by atoms with Gasteiger partial charge in [-0.2, -0.15) is 0 Å². The first-order chi connectivity index (χ1) is 11.5. The number of benzene rings is 1. The molecule has 0 fully saturated rings. The summed E-state index contributed by atoms with van der Waals surface area (Å²) < 4.78 is 5.58. The molecular weight excluding hydrogens is 374 g/mol. The summed E-state index contributed by atoms with van der Waals surface area (Å²) in [4.78, 5) is 25.9. The van der Waals surface area contributed by atoms with Crippen molar-refractivity contribution in [2.45, 2.75) is 13.8 Å². The minimum Gasteiger partial charge on any atom is -0.444 e. The predicted molar refractivity (Wildman–Crippen MR) is 97.4 cm³/mol. The first kappa shape index (κ1) is 18.1. The maximum absolute atomic E-state index is 11.9. The molecule has 2 aromatic rings. The molecule has 1 aromatic heterocycles. The van der Waals surface area contributed by atoms with Crippen molar-refractivity contribution in [2.24, 2.45) is 0 Å². The van der Waals surface area contributed by atoms with Gasteiger partial charge in [-0.3, -0.25) is 9.59 Å². The summed E-state index contributed by atoms with van der Waals surface area (Å²) in [5.74, 6) is -0.587. The van der Waals surface area contributed by atoms with E-state index in [9.17, 15) is 9.59 Å². The molecule has 2 N–H and O–H groups in total. The molecule has 0 aliphatic heterocycles. The van der Waals surface area contributed by atoms with E-state index in [0.717, 1.165) is 18.8 Å². The third-order valence-electron chi connectivity index (χ3n) is 3.49. The van der Waals surface area contributed by atoms with Crippen LogP contribution in [0.5, 0.6) is 0 Å². The predicted octanol–water partition coefficient (Wildman–Crippen LogP) is 3.26. The Bertz CT molecular complexity index is 693. The molecule has 0 radical (unpaired) electrons. The van der Waals surface area contributed by atoms with Crippen molar-refractivity contribution in [2.75, 3.05) is 29.9 Å². The van der Waals surface area contributed by atoms with Crippen LogP contribution < -0.4 is 15.5 Å². The number of anilines is 2. The molecule has 0 atom stereocenters. The van der Waals surface area contributed by atoms with Crippen LogP contribution in [0.1, 0.15) is 24.4 Å². The molecule has 0 aliphatic carbocycles. The van der Waals surface area contributed by atoms with Crippen LogP contribution in [0.3, 0.4) is 0 Å². The molecule has 0 unspecified atom stereocenters. The number of nitrogens with zero attached hydrogens (tertiary/aromatic N) is 1. The van der Waals surface area contributed by atoms with Gasteiger partial charge in [0, 0.05) is 24.5 Å². The highest BCUT2D eigenvalue weighted by molar-refractivity contribution is 9.10. The molecule has 128 valence electrons. The van der Waals surface area contributed by atoms with Gasteiger partial charge in [-0.05, 0) is 66.2 Å². The average Bonchev–Trinajstić information content (AvgIpc) is 3.02. The molecule has 2 rings (SSSR count). The lowest BCUT2D eigenvalue weighted by Crippen LogP contribution is -2.32. The number of amides is 2. The second-order valence-electron chi connectivity index (χ2n) is 5.05. The fourth-order valence-electron chi connectivity index (χ4n) is 2.23. The third-order valence-corrected chi connectivity index (χ3v) is 3.91. The van der Waals surface area contributed by atoms with Crippen LogP contribution in [0.2, 0.25) is 0 Å². The highest BCUT2D eigenvalue weighted by Crippen LogP contribution is 2.17. The van der Waals surface area contributed by atoms with Crippen LogP contribution in [0, 0.1) is 0 Å². The highest BCUT2D eigenvalue weighted by atomic mass is 79.9. The van der Waals surface area contributed by atoms with E-state index < -0.39 is 5.91 Å². The van der Waals surface area contributed by atoms with Gasteiger partial charge in [0.25, 0.3) is 5.91 Å². The van der Waals surface area contributed by atoms with Crippen LogP contribution in [0.4, 0.5) is 11.4 Å². The molecule has 6 nitrogen and oxygen atoms in total. The quantitative estimate of drug-likeness (QED) is 0.756. The standard InChI is InChI=1S/C17H20BrN3O3/c1-3-21(4-2)13-7-5-12(6-8-13)20-16(22)11-19-17(23)14-9-10-15(18)24-14/h5-10H,3-4,11H2,1-2H3,(H,19,23)(H,20,22). The van der Waals surface area contributed by atoms with Gasteiger partial charge in [-0.15, -0.1) is 0 Å². The number of carbonyl (C=O) groups is 2. The van der Waals surface area contributed by atoms with Gasteiger partial charge >= 0.3 is 0 Å². The Morgan fingerprint density at radius 2 is 1.75 bits per heavy atom. The number of rotatable bonds is 7. The van der Waals surface area contributed by atoms with Gasteiger partial charge in [0.1, 0.15) is 0 Å². The molecule has 0 aliphatic rings. The van der Waals surface area contributed by atoms with E-state index in [4.69, 9.17) is 4.42 Å². The summed E-state index contributed by atoms with van der Waals surface area (Å²) in [5, 5.41) is 5.25. The zero-order chi connectivity index (χ0) is 17.5. The first-order valence-electron chi connectivity index (χ1n) is 7.71. The zero-order valence-electron chi connectivity index (χ0n) is 13.6. The molecule has 0 bridgehead atoms.